The summed E-state index contributed by atoms with van der Waals surface area (Å²) < 4.78 is 5.99. The van der Waals surface area contributed by atoms with Crippen LogP contribution in [0.15, 0.2) is 30.3 Å². The molecule has 1 amide bonds. The zero-order chi connectivity index (χ0) is 15.4. The number of hydrogen-bond donors (Lipinski definition) is 0. The Balaban J connectivity index is 1.43. The molecule has 0 spiro atoms. The predicted octanol–water partition coefficient (Wildman–Crippen LogP) is 2.20. The Kier molecular flexibility index (Phi) is 5.39. The van der Waals surface area contributed by atoms with Gasteiger partial charge in [-0.25, -0.2) is 0 Å². The number of hydrogen-bond acceptors (Lipinski definition) is 4. The molecule has 2 heterocycles. The number of amides is 1. The molecule has 0 aliphatic carbocycles. The van der Waals surface area contributed by atoms with Crippen molar-refractivity contribution < 1.29 is 9.53 Å². The number of nitrogens with zero attached hydrogens (tertiary/aromatic N) is 2. The van der Waals surface area contributed by atoms with Crippen molar-refractivity contribution in [1.82, 2.24) is 9.80 Å². The van der Waals surface area contributed by atoms with Gasteiger partial charge in [0, 0.05) is 24.7 Å². The first-order valence-corrected chi connectivity index (χ1v) is 9.12. The highest BCUT2D eigenvalue weighted by Gasteiger charge is 2.33. The number of benzene rings is 1. The molecule has 3 rings (SSSR count). The van der Waals surface area contributed by atoms with Crippen molar-refractivity contribution in [3.8, 4) is 0 Å². The highest BCUT2D eigenvalue weighted by molar-refractivity contribution is 7.99. The summed E-state index contributed by atoms with van der Waals surface area (Å²) in [5.74, 6) is 2.20. The molecule has 2 fully saturated rings. The molecule has 0 radical (unpaired) electrons. The van der Waals surface area contributed by atoms with Gasteiger partial charge in [-0.05, 0) is 25.5 Å². The first-order chi connectivity index (χ1) is 10.7. The van der Waals surface area contributed by atoms with Gasteiger partial charge in [0.25, 0.3) is 0 Å². The molecule has 1 atom stereocenters. The van der Waals surface area contributed by atoms with Gasteiger partial charge < -0.3 is 9.64 Å². The van der Waals surface area contributed by atoms with Crippen molar-refractivity contribution in [2.75, 3.05) is 31.8 Å². The van der Waals surface area contributed by atoms with E-state index in [9.17, 15) is 4.79 Å². The second-order valence-electron chi connectivity index (χ2n) is 6.09. The second kappa shape index (κ2) is 7.49. The van der Waals surface area contributed by atoms with Crippen molar-refractivity contribution in [2.45, 2.75) is 31.6 Å². The standard InChI is InChI=1S/C17H24N2O2S/c1-18-13-22-12-16(18)17(20)19-9-7-15(8-10-19)21-11-14-5-3-2-4-6-14/h2-6,15-16H,7-13H2,1H3/t16-/m0/s1. The summed E-state index contributed by atoms with van der Waals surface area (Å²) in [6.45, 7) is 2.32. The summed E-state index contributed by atoms with van der Waals surface area (Å²) in [7, 11) is 2.04. The van der Waals surface area contributed by atoms with Gasteiger partial charge in [0.05, 0.1) is 18.8 Å². The van der Waals surface area contributed by atoms with Crippen molar-refractivity contribution in [2.24, 2.45) is 0 Å². The van der Waals surface area contributed by atoms with Crippen LogP contribution in [-0.2, 0) is 16.1 Å². The predicted molar refractivity (Wildman–Crippen MR) is 89.7 cm³/mol. The zero-order valence-corrected chi connectivity index (χ0v) is 13.9. The Morgan fingerprint density at radius 3 is 2.64 bits per heavy atom. The molecule has 4 nitrogen and oxygen atoms in total. The molecule has 0 saturated carbocycles. The van der Waals surface area contributed by atoms with Gasteiger partial charge in [-0.1, -0.05) is 30.3 Å². The third kappa shape index (κ3) is 3.83. The number of rotatable bonds is 4. The first kappa shape index (κ1) is 15.8. The van der Waals surface area contributed by atoms with Crippen LogP contribution in [0.1, 0.15) is 18.4 Å². The van der Waals surface area contributed by atoms with Crippen molar-refractivity contribution >= 4 is 17.7 Å². The van der Waals surface area contributed by atoms with Crippen LogP contribution in [0, 0.1) is 0 Å². The maximum Gasteiger partial charge on any atom is 0.240 e. The lowest BCUT2D eigenvalue weighted by Crippen LogP contribution is -2.49. The molecule has 0 N–H and O–H groups in total. The van der Waals surface area contributed by atoms with Crippen LogP contribution in [0.2, 0.25) is 0 Å². The van der Waals surface area contributed by atoms with Gasteiger partial charge >= 0.3 is 0 Å². The minimum Gasteiger partial charge on any atom is -0.373 e. The van der Waals surface area contributed by atoms with E-state index in [0.29, 0.717) is 12.5 Å². The van der Waals surface area contributed by atoms with Gasteiger partial charge in [-0.2, -0.15) is 0 Å². The quantitative estimate of drug-likeness (QED) is 0.851. The Bertz CT molecular complexity index is 489. The molecule has 2 saturated heterocycles. The first-order valence-electron chi connectivity index (χ1n) is 7.96. The van der Waals surface area contributed by atoms with Gasteiger partial charge in [0.1, 0.15) is 0 Å². The van der Waals surface area contributed by atoms with Crippen molar-refractivity contribution in [3.63, 3.8) is 0 Å². The Morgan fingerprint density at radius 2 is 2.00 bits per heavy atom. The summed E-state index contributed by atoms with van der Waals surface area (Å²) >= 11 is 1.84. The van der Waals surface area contributed by atoms with Gasteiger partial charge in [0.2, 0.25) is 5.91 Å². The molecule has 0 bridgehead atoms. The SMILES string of the molecule is CN1CSC[C@H]1C(=O)N1CCC(OCc2ccccc2)CC1. The molecule has 120 valence electrons. The maximum absolute atomic E-state index is 12.5. The molecule has 22 heavy (non-hydrogen) atoms. The molecular weight excluding hydrogens is 296 g/mol. The summed E-state index contributed by atoms with van der Waals surface area (Å²) in [6.07, 6.45) is 2.17. The van der Waals surface area contributed by atoms with Crippen LogP contribution in [0.4, 0.5) is 0 Å². The number of piperidine rings is 1. The van der Waals surface area contributed by atoms with Crippen molar-refractivity contribution in [3.05, 3.63) is 35.9 Å². The van der Waals surface area contributed by atoms with Crippen LogP contribution in [0.25, 0.3) is 0 Å². The van der Waals surface area contributed by atoms with E-state index < -0.39 is 0 Å². The van der Waals surface area contributed by atoms with E-state index in [0.717, 1.165) is 37.6 Å². The third-order valence-corrected chi connectivity index (χ3v) is 5.61. The number of thioether (sulfide) groups is 1. The van der Waals surface area contributed by atoms with E-state index >= 15 is 0 Å². The minimum atomic E-state index is 0.0757. The number of carbonyl (C=O) groups excluding carboxylic acids is 1. The number of likely N-dealkylation sites (tertiary alicyclic amines) is 1. The lowest BCUT2D eigenvalue weighted by atomic mass is 10.1. The highest BCUT2D eigenvalue weighted by atomic mass is 32.2. The topological polar surface area (TPSA) is 32.8 Å². The van der Waals surface area contributed by atoms with Gasteiger partial charge in [-0.3, -0.25) is 9.69 Å². The summed E-state index contributed by atoms with van der Waals surface area (Å²) in [6, 6.07) is 10.4. The van der Waals surface area contributed by atoms with Crippen molar-refractivity contribution in [1.29, 1.82) is 0 Å². The zero-order valence-electron chi connectivity index (χ0n) is 13.1. The lowest BCUT2D eigenvalue weighted by Gasteiger charge is -2.34. The molecule has 1 aromatic rings. The Hall–Kier alpha value is -1.04. The van der Waals surface area contributed by atoms with E-state index in [1.165, 1.54) is 5.56 Å². The molecule has 1 aromatic carbocycles. The van der Waals surface area contributed by atoms with Gasteiger partial charge in [-0.15, -0.1) is 11.8 Å². The van der Waals surface area contributed by atoms with Crippen LogP contribution in [-0.4, -0.2) is 59.6 Å². The van der Waals surface area contributed by atoms with Crippen LogP contribution >= 0.6 is 11.8 Å². The molecular formula is C17H24N2O2S. The normalized spacial score (nSPS) is 23.9. The molecule has 2 aliphatic heterocycles. The van der Waals surface area contributed by atoms with E-state index in [1.807, 2.05) is 41.9 Å². The van der Waals surface area contributed by atoms with Crippen LogP contribution in [0.3, 0.4) is 0 Å². The minimum absolute atomic E-state index is 0.0757. The average Bonchev–Trinajstić information content (AvgIpc) is 3.00. The maximum atomic E-state index is 12.5. The molecule has 2 aliphatic rings. The smallest absolute Gasteiger partial charge is 0.240 e. The highest BCUT2D eigenvalue weighted by Crippen LogP contribution is 2.23. The summed E-state index contributed by atoms with van der Waals surface area (Å²) in [5, 5.41) is 0. The van der Waals surface area contributed by atoms with Gasteiger partial charge in [0.15, 0.2) is 0 Å². The monoisotopic (exact) mass is 320 g/mol. The van der Waals surface area contributed by atoms with E-state index in [4.69, 9.17) is 4.74 Å². The molecule has 0 unspecified atom stereocenters. The molecule has 0 aromatic heterocycles. The lowest BCUT2D eigenvalue weighted by molar-refractivity contribution is -0.137. The number of ether oxygens (including phenoxy) is 1. The van der Waals surface area contributed by atoms with E-state index in [1.54, 1.807) is 0 Å². The fourth-order valence-electron chi connectivity index (χ4n) is 3.03. The molecule has 5 heteroatoms. The van der Waals surface area contributed by atoms with E-state index in [-0.39, 0.29) is 12.1 Å². The largest absolute Gasteiger partial charge is 0.373 e. The fraction of sp³-hybridized carbons (Fsp3) is 0.588. The number of likely N-dealkylation sites (N-methyl/N-ethyl adjacent to an activating group) is 1. The third-order valence-electron chi connectivity index (χ3n) is 4.47. The number of carbonyl (C=O) groups is 1. The van der Waals surface area contributed by atoms with Crippen LogP contribution < -0.4 is 0 Å². The fourth-order valence-corrected chi connectivity index (χ4v) is 4.22. The Morgan fingerprint density at radius 1 is 1.27 bits per heavy atom. The summed E-state index contributed by atoms with van der Waals surface area (Å²) in [5.41, 5.74) is 1.21. The average molecular weight is 320 g/mol. The second-order valence-corrected chi connectivity index (χ2v) is 7.09. The summed E-state index contributed by atoms with van der Waals surface area (Å²) in [4.78, 5) is 16.7. The van der Waals surface area contributed by atoms with Crippen LogP contribution in [0.5, 0.6) is 0 Å². The Labute approximate surface area is 136 Å². The van der Waals surface area contributed by atoms with E-state index in [2.05, 4.69) is 17.0 Å².